The highest BCUT2D eigenvalue weighted by molar-refractivity contribution is 5.33. The lowest BCUT2D eigenvalue weighted by atomic mass is 10.1. The van der Waals surface area contributed by atoms with Crippen LogP contribution >= 0.6 is 0 Å². The van der Waals surface area contributed by atoms with Crippen LogP contribution in [-0.4, -0.2) is 23.1 Å². The van der Waals surface area contributed by atoms with Gasteiger partial charge in [0.1, 0.15) is 11.6 Å². The average molecular weight is 245 g/mol. The molecule has 0 aliphatic carbocycles. The molecule has 0 saturated carbocycles. The number of hydrogen-bond acceptors (Lipinski definition) is 3. The van der Waals surface area contributed by atoms with E-state index in [-0.39, 0.29) is 0 Å². The number of nitrogens with one attached hydrogen (secondary N) is 2. The van der Waals surface area contributed by atoms with E-state index in [1.165, 1.54) is 5.56 Å². The van der Waals surface area contributed by atoms with Crippen molar-refractivity contribution in [1.29, 1.82) is 0 Å². The third-order valence-electron chi connectivity index (χ3n) is 2.89. The molecule has 2 N–H and O–H groups in total. The first-order valence-electron chi connectivity index (χ1n) is 6.13. The highest BCUT2D eigenvalue weighted by Gasteiger charge is 2.07. The third-order valence-corrected chi connectivity index (χ3v) is 2.89. The first-order chi connectivity index (χ1) is 8.79. The van der Waals surface area contributed by atoms with Crippen LogP contribution < -0.4 is 10.1 Å². The van der Waals surface area contributed by atoms with Crippen LogP contribution in [0.4, 0.5) is 0 Å². The minimum absolute atomic E-state index is 0.367. The molecule has 0 aliphatic heterocycles. The van der Waals surface area contributed by atoms with Crippen molar-refractivity contribution in [1.82, 2.24) is 15.3 Å². The normalized spacial score (nSPS) is 12.3. The number of rotatable bonds is 6. The van der Waals surface area contributed by atoms with Crippen LogP contribution in [0.2, 0.25) is 0 Å². The summed E-state index contributed by atoms with van der Waals surface area (Å²) in [7, 11) is 1.71. The highest BCUT2D eigenvalue weighted by atomic mass is 16.5. The second kappa shape index (κ2) is 6.21. The van der Waals surface area contributed by atoms with Crippen molar-refractivity contribution in [2.45, 2.75) is 25.9 Å². The molecule has 0 radical (unpaired) electrons. The van der Waals surface area contributed by atoms with Gasteiger partial charge in [0.25, 0.3) is 0 Å². The number of ether oxygens (including phenoxy) is 1. The predicted octanol–water partition coefficient (Wildman–Crippen LogP) is 2.14. The van der Waals surface area contributed by atoms with Gasteiger partial charge in [-0.05, 0) is 25.0 Å². The summed E-state index contributed by atoms with van der Waals surface area (Å²) in [5.41, 5.74) is 1.22. The topological polar surface area (TPSA) is 49.9 Å². The van der Waals surface area contributed by atoms with Gasteiger partial charge in [-0.1, -0.05) is 18.2 Å². The fourth-order valence-corrected chi connectivity index (χ4v) is 1.94. The van der Waals surface area contributed by atoms with Gasteiger partial charge in [-0.25, -0.2) is 4.98 Å². The molecule has 4 nitrogen and oxygen atoms in total. The first-order valence-corrected chi connectivity index (χ1v) is 6.13. The maximum Gasteiger partial charge on any atom is 0.122 e. The summed E-state index contributed by atoms with van der Waals surface area (Å²) in [4.78, 5) is 7.27. The summed E-state index contributed by atoms with van der Waals surface area (Å²) in [6, 6.07) is 8.49. The average Bonchev–Trinajstić information content (AvgIpc) is 2.90. The van der Waals surface area contributed by atoms with E-state index in [9.17, 15) is 0 Å². The number of aromatic nitrogens is 2. The quantitative estimate of drug-likeness (QED) is 0.819. The van der Waals surface area contributed by atoms with Crippen molar-refractivity contribution in [2.75, 3.05) is 7.11 Å². The Labute approximate surface area is 107 Å². The number of aromatic amines is 1. The number of imidazole rings is 1. The monoisotopic (exact) mass is 245 g/mol. The second-order valence-electron chi connectivity index (χ2n) is 4.33. The molecule has 18 heavy (non-hydrogen) atoms. The van der Waals surface area contributed by atoms with Gasteiger partial charge in [0.2, 0.25) is 0 Å². The van der Waals surface area contributed by atoms with E-state index in [0.29, 0.717) is 6.04 Å². The lowest BCUT2D eigenvalue weighted by Crippen LogP contribution is -2.28. The molecule has 1 unspecified atom stereocenters. The minimum Gasteiger partial charge on any atom is -0.496 e. The van der Waals surface area contributed by atoms with Gasteiger partial charge in [-0.15, -0.1) is 0 Å². The van der Waals surface area contributed by atoms with Crippen molar-refractivity contribution in [3.05, 3.63) is 48.0 Å². The van der Waals surface area contributed by atoms with E-state index in [2.05, 4.69) is 28.3 Å². The van der Waals surface area contributed by atoms with Gasteiger partial charge in [-0.3, -0.25) is 0 Å². The summed E-state index contributed by atoms with van der Waals surface area (Å²) in [5.74, 6) is 1.91. The summed E-state index contributed by atoms with van der Waals surface area (Å²) in [6.07, 6.45) is 4.54. The molecule has 1 atom stereocenters. The zero-order valence-electron chi connectivity index (χ0n) is 10.8. The van der Waals surface area contributed by atoms with Gasteiger partial charge in [0.05, 0.1) is 13.7 Å². The lowest BCUT2D eigenvalue weighted by molar-refractivity contribution is 0.405. The van der Waals surface area contributed by atoms with Crippen LogP contribution in [0.3, 0.4) is 0 Å². The number of nitrogens with zero attached hydrogens (tertiary/aromatic N) is 1. The first kappa shape index (κ1) is 12.6. The van der Waals surface area contributed by atoms with E-state index < -0.39 is 0 Å². The fraction of sp³-hybridized carbons (Fsp3) is 0.357. The SMILES string of the molecule is COc1ccccc1CC(C)NCc1ncc[nH]1. The summed E-state index contributed by atoms with van der Waals surface area (Å²) >= 11 is 0. The van der Waals surface area contributed by atoms with E-state index in [0.717, 1.165) is 24.5 Å². The zero-order valence-corrected chi connectivity index (χ0v) is 10.8. The van der Waals surface area contributed by atoms with Crippen LogP contribution in [0, 0.1) is 0 Å². The Bertz CT molecular complexity index is 468. The summed E-state index contributed by atoms with van der Waals surface area (Å²) in [6.45, 7) is 2.92. The Hall–Kier alpha value is -1.81. The molecule has 1 aromatic heterocycles. The van der Waals surface area contributed by atoms with Crippen LogP contribution in [0.1, 0.15) is 18.3 Å². The maximum absolute atomic E-state index is 5.35. The molecule has 0 spiro atoms. The van der Waals surface area contributed by atoms with Gasteiger partial charge in [0, 0.05) is 18.4 Å². The van der Waals surface area contributed by atoms with Crippen LogP contribution in [0.15, 0.2) is 36.7 Å². The van der Waals surface area contributed by atoms with Gasteiger partial charge in [-0.2, -0.15) is 0 Å². The van der Waals surface area contributed by atoms with Crippen LogP contribution in [0.25, 0.3) is 0 Å². The van der Waals surface area contributed by atoms with Crippen molar-refractivity contribution in [3.8, 4) is 5.75 Å². The molecule has 0 bridgehead atoms. The van der Waals surface area contributed by atoms with Gasteiger partial charge in [0.15, 0.2) is 0 Å². The van der Waals surface area contributed by atoms with Crippen molar-refractivity contribution < 1.29 is 4.74 Å². The largest absolute Gasteiger partial charge is 0.496 e. The van der Waals surface area contributed by atoms with E-state index in [1.807, 2.05) is 24.4 Å². The zero-order chi connectivity index (χ0) is 12.8. The Balaban J connectivity index is 1.88. The van der Waals surface area contributed by atoms with Crippen LogP contribution in [-0.2, 0) is 13.0 Å². The molecule has 96 valence electrons. The number of methoxy groups -OCH3 is 1. The van der Waals surface area contributed by atoms with E-state index in [1.54, 1.807) is 13.3 Å². The number of benzene rings is 1. The van der Waals surface area contributed by atoms with Gasteiger partial charge >= 0.3 is 0 Å². The van der Waals surface area contributed by atoms with Crippen LogP contribution in [0.5, 0.6) is 5.75 Å². The standard InChI is InChI=1S/C14H19N3O/c1-11(17-10-14-15-7-8-16-14)9-12-5-3-4-6-13(12)18-2/h3-8,11,17H,9-10H2,1-2H3,(H,15,16). The number of hydrogen-bond donors (Lipinski definition) is 2. The van der Waals surface area contributed by atoms with E-state index >= 15 is 0 Å². The molecule has 2 rings (SSSR count). The number of para-hydroxylation sites is 1. The molecule has 4 heteroatoms. The number of H-pyrrole nitrogens is 1. The molecule has 0 fully saturated rings. The highest BCUT2D eigenvalue weighted by Crippen LogP contribution is 2.18. The predicted molar refractivity (Wildman–Crippen MR) is 71.6 cm³/mol. The Morgan fingerprint density at radius 2 is 2.22 bits per heavy atom. The summed E-state index contributed by atoms with van der Waals surface area (Å²) < 4.78 is 5.35. The second-order valence-corrected chi connectivity index (χ2v) is 4.33. The molecular formula is C14H19N3O. The summed E-state index contributed by atoms with van der Waals surface area (Å²) in [5, 5.41) is 3.44. The Kier molecular flexibility index (Phi) is 4.36. The fourth-order valence-electron chi connectivity index (χ4n) is 1.94. The van der Waals surface area contributed by atoms with Crippen molar-refractivity contribution >= 4 is 0 Å². The molecule has 1 heterocycles. The lowest BCUT2D eigenvalue weighted by Gasteiger charge is -2.15. The molecule has 1 aromatic carbocycles. The molecule has 0 saturated heterocycles. The molecular weight excluding hydrogens is 226 g/mol. The molecule has 0 aliphatic rings. The Morgan fingerprint density at radius 3 is 2.94 bits per heavy atom. The minimum atomic E-state index is 0.367. The van der Waals surface area contributed by atoms with E-state index in [4.69, 9.17) is 4.74 Å². The van der Waals surface area contributed by atoms with Crippen molar-refractivity contribution in [3.63, 3.8) is 0 Å². The van der Waals surface area contributed by atoms with Gasteiger partial charge < -0.3 is 15.0 Å². The molecule has 0 amide bonds. The Morgan fingerprint density at radius 1 is 1.39 bits per heavy atom. The smallest absolute Gasteiger partial charge is 0.122 e. The third kappa shape index (κ3) is 3.34. The molecule has 2 aromatic rings. The van der Waals surface area contributed by atoms with Crippen molar-refractivity contribution in [2.24, 2.45) is 0 Å². The maximum atomic E-state index is 5.35.